The molecule has 0 saturated heterocycles. The molecule has 48 heavy (non-hydrogen) atoms. The van der Waals surface area contributed by atoms with E-state index in [-0.39, 0.29) is 30.8 Å². The van der Waals surface area contributed by atoms with Crippen LogP contribution in [0.25, 0.3) is 0 Å². The van der Waals surface area contributed by atoms with Gasteiger partial charge in [0.15, 0.2) is 0 Å². The quantitative estimate of drug-likeness (QED) is 0.0547. The minimum Gasteiger partial charge on any atom is -0.0591 e. The summed E-state index contributed by atoms with van der Waals surface area (Å²) in [6.07, 6.45) is 16.9. The molecule has 280 valence electrons. The van der Waals surface area contributed by atoms with Crippen LogP contribution in [0.15, 0.2) is 11.6 Å². The average Bonchev–Trinajstić information content (AvgIpc) is 3.38. The predicted octanol–water partition coefficient (Wildman–Crippen LogP) is 8.42. The molecule has 0 bridgehead atoms. The van der Waals surface area contributed by atoms with E-state index in [4.69, 9.17) is 25.4 Å². The van der Waals surface area contributed by atoms with E-state index >= 15 is 0 Å². The Bertz CT molecular complexity index is 1080. The van der Waals surface area contributed by atoms with E-state index in [2.05, 4.69) is 46.0 Å². The van der Waals surface area contributed by atoms with E-state index in [0.717, 1.165) is 54.8 Å². The smallest absolute Gasteiger partial charge is 0.00825 e. The number of alkyl halides is 1. The van der Waals surface area contributed by atoms with Crippen molar-refractivity contribution in [2.45, 2.75) is 118 Å². The van der Waals surface area contributed by atoms with Crippen LogP contribution in [-0.4, -0.2) is 73.4 Å². The summed E-state index contributed by atoms with van der Waals surface area (Å²) in [5, 5.41) is 2.91. The van der Waals surface area contributed by atoms with Crippen LogP contribution in [0.1, 0.15) is 112 Å². The van der Waals surface area contributed by atoms with Crippen molar-refractivity contribution in [1.82, 2.24) is 5.32 Å². The summed E-state index contributed by atoms with van der Waals surface area (Å²) >= 11 is -4.10. The molecule has 0 aliphatic heterocycles. The number of hydrogen-bond acceptors (Lipinski definition) is 7. The summed E-state index contributed by atoms with van der Waals surface area (Å²) in [5.74, 6) is 5.00. The van der Waals surface area contributed by atoms with Crippen LogP contribution in [0.5, 0.6) is 0 Å². The summed E-state index contributed by atoms with van der Waals surface area (Å²) in [6.45, 7) is 15.6. The second kappa shape index (κ2) is 18.7. The first-order valence-corrected chi connectivity index (χ1v) is 23.9. The van der Waals surface area contributed by atoms with Crippen molar-refractivity contribution in [3.63, 3.8) is 0 Å². The number of hydrogen-bond donors (Lipinski definition) is 2. The van der Waals surface area contributed by atoms with Crippen LogP contribution in [0.2, 0.25) is 0 Å². The van der Waals surface area contributed by atoms with Gasteiger partial charge >= 0.3 is 107 Å². The Balaban J connectivity index is 1.10. The van der Waals surface area contributed by atoms with Crippen molar-refractivity contribution in [2.24, 2.45) is 46.3 Å². The minimum absolute atomic E-state index is 0.0360. The summed E-state index contributed by atoms with van der Waals surface area (Å²) < 4.78 is 47.2. The van der Waals surface area contributed by atoms with Crippen molar-refractivity contribution in [3.8, 4) is 0 Å². The van der Waals surface area contributed by atoms with Gasteiger partial charge in [-0.3, -0.25) is 0 Å². The maximum atomic E-state index is 12.6. The number of rotatable bonds is 20. The molecule has 9 nitrogen and oxygen atoms in total. The molecule has 9 unspecified atom stereocenters. The van der Waals surface area contributed by atoms with E-state index in [9.17, 15) is 7.86 Å². The molecule has 3 saturated carbocycles. The molecule has 4 aliphatic rings. The molecule has 0 heterocycles. The number of ether oxygens (including phenoxy) is 4. The fourth-order valence-corrected chi connectivity index (χ4v) is 11.1. The van der Waals surface area contributed by atoms with Crippen molar-refractivity contribution in [2.75, 3.05) is 57.7 Å². The van der Waals surface area contributed by atoms with E-state index in [0.29, 0.717) is 51.4 Å². The largest absolute Gasteiger partial charge is 0.0591 e. The van der Waals surface area contributed by atoms with E-state index < -0.39 is 19.3 Å². The molecule has 4 rings (SSSR count). The van der Waals surface area contributed by atoms with Gasteiger partial charge in [-0.15, -0.1) is 0 Å². The molecule has 0 radical (unpaired) electrons. The zero-order chi connectivity index (χ0) is 34.8. The minimum atomic E-state index is -4.10. The number of carbonyl (C=O) groups is 1. The van der Waals surface area contributed by atoms with Gasteiger partial charge in [0.2, 0.25) is 0 Å². The fourth-order valence-electron chi connectivity index (χ4n) is 10.1. The standard InChI is InChI=1S/C38H68INO8/c1-28(2)9-7-10-29(3)33-13-14-34-32-12-11-30-27-31(15-17-37(30,4)35(32)16-18-38(33,34)5)48-36(41)40-19-8-20-44-21-22-45-23-24-46-25-26-47-39(6,42)43/h11,28-29,31-35H,7-10,12-27H2,1-6H3,(H,40,41)(H,42,43). The number of halogens is 1. The topological polar surface area (TPSA) is 113 Å². The third-order valence-electron chi connectivity index (χ3n) is 12.5. The van der Waals surface area contributed by atoms with Gasteiger partial charge in [0.1, 0.15) is 6.10 Å². The molecule has 4 aliphatic carbocycles. The summed E-state index contributed by atoms with van der Waals surface area (Å²) in [7, 11) is 0. The summed E-state index contributed by atoms with van der Waals surface area (Å²) in [5.41, 5.74) is 2.32. The third-order valence-corrected chi connectivity index (χ3v) is 14.1. The van der Waals surface area contributed by atoms with Crippen LogP contribution < -0.4 is 5.32 Å². The van der Waals surface area contributed by atoms with Gasteiger partial charge < -0.3 is 10.1 Å². The summed E-state index contributed by atoms with van der Waals surface area (Å²) in [6, 6.07) is 0. The molecule has 0 spiro atoms. The van der Waals surface area contributed by atoms with E-state index in [1.165, 1.54) is 56.3 Å². The molecule has 0 aromatic rings. The first-order chi connectivity index (χ1) is 22.8. The molecule has 3 fully saturated rings. The molecule has 0 aromatic carbocycles. The molecule has 1 amide bonds. The molecule has 10 heteroatoms. The van der Waals surface area contributed by atoms with Crippen molar-refractivity contribution < 1.29 is 33.3 Å². The van der Waals surface area contributed by atoms with Gasteiger partial charge in [-0.2, -0.15) is 0 Å². The van der Waals surface area contributed by atoms with Crippen molar-refractivity contribution in [1.29, 1.82) is 0 Å². The van der Waals surface area contributed by atoms with Crippen LogP contribution in [-0.2, 0) is 25.1 Å². The fraction of sp³-hybridized carbons (Fsp3) is 0.921. The van der Waals surface area contributed by atoms with Crippen LogP contribution in [0.3, 0.4) is 0 Å². The number of nitrogens with one attached hydrogen (secondary N) is 1. The predicted molar refractivity (Wildman–Crippen MR) is 197 cm³/mol. The van der Waals surface area contributed by atoms with Gasteiger partial charge in [0, 0.05) is 13.0 Å². The first kappa shape index (κ1) is 40.1. The zero-order valence-electron chi connectivity index (χ0n) is 30.9. The van der Waals surface area contributed by atoms with Gasteiger partial charge in [-0.05, 0) is 91.3 Å². The Morgan fingerprint density at radius 1 is 0.917 bits per heavy atom. The Hall–Kier alpha value is -0.660. The van der Waals surface area contributed by atoms with Crippen LogP contribution >= 0.6 is 19.3 Å². The summed E-state index contributed by atoms with van der Waals surface area (Å²) in [4.78, 5) is 13.8. The Morgan fingerprint density at radius 3 is 2.29 bits per heavy atom. The van der Waals surface area contributed by atoms with E-state index in [1.807, 2.05) is 0 Å². The zero-order valence-corrected chi connectivity index (χ0v) is 33.1. The number of alkyl carbamates (subject to hydrolysis) is 1. The molecular weight excluding hydrogens is 725 g/mol. The normalized spacial score (nSPS) is 33.9. The number of fused-ring (bicyclic) bond motifs is 5. The maximum absolute atomic E-state index is 12.6. The second-order valence-corrected chi connectivity index (χ2v) is 20.7. The Kier molecular flexibility index (Phi) is 15.6. The maximum Gasteiger partial charge on any atom is -0.00825 e. The molecule has 0 aromatic heterocycles. The molecule has 2 N–H and O–H groups in total. The first-order valence-electron chi connectivity index (χ1n) is 19.0. The Morgan fingerprint density at radius 2 is 1.60 bits per heavy atom. The van der Waals surface area contributed by atoms with Gasteiger partial charge in [0.05, 0.1) is 0 Å². The van der Waals surface area contributed by atoms with Crippen molar-refractivity contribution >= 4 is 25.3 Å². The van der Waals surface area contributed by atoms with Crippen LogP contribution in [0, 0.1) is 46.3 Å². The van der Waals surface area contributed by atoms with Gasteiger partial charge in [0.25, 0.3) is 0 Å². The van der Waals surface area contributed by atoms with Gasteiger partial charge in [-0.25, -0.2) is 4.79 Å². The number of carbonyl (C=O) groups excluding carboxylic acids is 1. The Labute approximate surface area is 296 Å². The van der Waals surface area contributed by atoms with Gasteiger partial charge in [-0.1, -0.05) is 65.5 Å². The average molecular weight is 794 g/mol. The number of amides is 1. The molecular formula is C38H68INO8. The van der Waals surface area contributed by atoms with E-state index in [1.54, 1.807) is 5.57 Å². The monoisotopic (exact) mass is 793 g/mol. The SMILES string of the molecule is CC(C)CCCC(C)C1CCC2C3CC=C4CC(OC(=O)NCCCOCCOCCOCCOI(C)(=O)O)CCC4(C)C3CCC12C. The third kappa shape index (κ3) is 11.2. The van der Waals surface area contributed by atoms with Crippen LogP contribution in [0.4, 0.5) is 4.79 Å². The number of allylic oxidation sites excluding steroid dienone is 1. The second-order valence-electron chi connectivity index (χ2n) is 16.2. The molecule has 9 atom stereocenters. The van der Waals surface area contributed by atoms with Crippen molar-refractivity contribution in [3.05, 3.63) is 11.6 Å².